The van der Waals surface area contributed by atoms with E-state index in [9.17, 15) is 26.7 Å². The summed E-state index contributed by atoms with van der Waals surface area (Å²) in [6.07, 6.45) is -2.51. The minimum Gasteiger partial charge on any atom is -0.385 e. The largest absolute Gasteiger partial charge is 0.385 e. The van der Waals surface area contributed by atoms with E-state index in [-0.39, 0.29) is 11.4 Å². The fourth-order valence-corrected chi connectivity index (χ4v) is 2.61. The van der Waals surface area contributed by atoms with Gasteiger partial charge in [0, 0.05) is 11.3 Å². The maximum Gasteiger partial charge on any atom is 0.277 e. The molecule has 2 atom stereocenters. The number of nitrogens with one attached hydrogen (secondary N) is 1. The Labute approximate surface area is 150 Å². The van der Waals surface area contributed by atoms with Crippen LogP contribution in [0.15, 0.2) is 41.5 Å². The summed E-state index contributed by atoms with van der Waals surface area (Å²) in [4.78, 5) is 19.1. The smallest absolute Gasteiger partial charge is 0.277 e. The van der Waals surface area contributed by atoms with Crippen LogP contribution in [0.5, 0.6) is 0 Å². The van der Waals surface area contributed by atoms with Gasteiger partial charge in [0.05, 0.1) is 12.6 Å². The predicted molar refractivity (Wildman–Crippen MR) is 87.4 cm³/mol. The van der Waals surface area contributed by atoms with Gasteiger partial charge in [-0.1, -0.05) is 0 Å². The number of anilines is 1. The molecular weight excluding hydrogens is 371 g/mol. The van der Waals surface area contributed by atoms with E-state index in [1.807, 2.05) is 0 Å². The molecule has 10 heteroatoms. The second-order valence-electron chi connectivity index (χ2n) is 5.94. The molecule has 0 aliphatic carbocycles. The Morgan fingerprint density at radius 1 is 1.22 bits per heavy atom. The van der Waals surface area contributed by atoms with Crippen molar-refractivity contribution in [1.82, 2.24) is 4.98 Å². The SMILES string of the molecule is NC1=NC(c2cc(NC(=O)c3ccc(F)cn3)ccc2F)C(F)(F)CC1F. The van der Waals surface area contributed by atoms with Gasteiger partial charge in [-0.05, 0) is 30.3 Å². The van der Waals surface area contributed by atoms with Crippen LogP contribution in [0, 0.1) is 11.6 Å². The maximum absolute atomic E-state index is 14.2. The molecule has 1 aromatic heterocycles. The summed E-state index contributed by atoms with van der Waals surface area (Å²) in [7, 11) is 0. The van der Waals surface area contributed by atoms with Crippen LogP contribution in [0.4, 0.5) is 27.6 Å². The van der Waals surface area contributed by atoms with E-state index in [0.29, 0.717) is 0 Å². The zero-order valence-electron chi connectivity index (χ0n) is 13.6. The molecule has 0 spiro atoms. The first-order chi connectivity index (χ1) is 12.7. The van der Waals surface area contributed by atoms with Crippen molar-refractivity contribution in [2.45, 2.75) is 24.6 Å². The van der Waals surface area contributed by atoms with Crippen LogP contribution in [-0.2, 0) is 0 Å². The Morgan fingerprint density at radius 3 is 2.63 bits per heavy atom. The quantitative estimate of drug-likeness (QED) is 0.796. The highest BCUT2D eigenvalue weighted by atomic mass is 19.3. The molecule has 3 rings (SSSR count). The number of amides is 1. The minimum absolute atomic E-state index is 0.0190. The van der Waals surface area contributed by atoms with Gasteiger partial charge in [-0.25, -0.2) is 26.9 Å². The van der Waals surface area contributed by atoms with Crippen molar-refractivity contribution in [3.8, 4) is 0 Å². The highest BCUT2D eigenvalue weighted by molar-refractivity contribution is 6.02. The monoisotopic (exact) mass is 384 g/mol. The molecule has 0 saturated carbocycles. The minimum atomic E-state index is -3.66. The fourth-order valence-electron chi connectivity index (χ4n) is 2.61. The first kappa shape index (κ1) is 18.7. The van der Waals surface area contributed by atoms with Crippen molar-refractivity contribution in [2.24, 2.45) is 10.7 Å². The summed E-state index contributed by atoms with van der Waals surface area (Å²) in [5.74, 6) is -6.71. The molecule has 1 amide bonds. The van der Waals surface area contributed by atoms with Crippen molar-refractivity contribution in [2.75, 3.05) is 5.32 Å². The third kappa shape index (κ3) is 3.88. The number of hydrogen-bond acceptors (Lipinski definition) is 4. The van der Waals surface area contributed by atoms with E-state index >= 15 is 0 Å². The molecular formula is C17H13F5N4O. The first-order valence-corrected chi connectivity index (χ1v) is 7.75. The standard InChI is InChI=1S/C17H13F5N4O/c18-8-1-4-13(24-7-8)16(27)25-9-2-3-11(19)10(5-9)14-17(21,22)6-12(20)15(23)26-14/h1-5,7,12,14H,6H2,(H2,23,26)(H,25,27). The molecule has 2 heterocycles. The number of nitrogens with two attached hydrogens (primary N) is 1. The van der Waals surface area contributed by atoms with Gasteiger partial charge in [-0.15, -0.1) is 0 Å². The molecule has 1 aromatic carbocycles. The van der Waals surface area contributed by atoms with E-state index in [1.54, 1.807) is 0 Å². The third-order valence-corrected chi connectivity index (χ3v) is 3.96. The summed E-state index contributed by atoms with van der Waals surface area (Å²) in [6, 6.07) is 3.09. The van der Waals surface area contributed by atoms with Gasteiger partial charge in [0.1, 0.15) is 29.2 Å². The molecule has 27 heavy (non-hydrogen) atoms. The number of rotatable bonds is 3. The van der Waals surface area contributed by atoms with E-state index in [2.05, 4.69) is 15.3 Å². The number of pyridine rings is 1. The summed E-state index contributed by atoms with van der Waals surface area (Å²) in [5, 5.41) is 2.34. The summed E-state index contributed by atoms with van der Waals surface area (Å²) in [5.41, 5.74) is 4.60. The van der Waals surface area contributed by atoms with E-state index in [0.717, 1.165) is 36.5 Å². The number of halogens is 5. The lowest BCUT2D eigenvalue weighted by Crippen LogP contribution is -2.41. The number of nitrogens with zero attached hydrogens (tertiary/aromatic N) is 2. The Morgan fingerprint density at radius 2 is 1.96 bits per heavy atom. The molecule has 142 valence electrons. The zero-order chi connectivity index (χ0) is 19.8. The lowest BCUT2D eigenvalue weighted by molar-refractivity contribution is -0.0511. The highest BCUT2D eigenvalue weighted by Gasteiger charge is 2.48. The summed E-state index contributed by atoms with van der Waals surface area (Å²) < 4.78 is 68.7. The molecule has 2 aromatic rings. The number of aliphatic imine (C=N–C) groups is 1. The topological polar surface area (TPSA) is 80.4 Å². The van der Waals surface area contributed by atoms with Crippen LogP contribution >= 0.6 is 0 Å². The number of carbonyl (C=O) groups excluding carboxylic acids is 1. The number of carbonyl (C=O) groups is 1. The molecule has 2 unspecified atom stereocenters. The lowest BCUT2D eigenvalue weighted by Gasteiger charge is -2.30. The van der Waals surface area contributed by atoms with Crippen molar-refractivity contribution < 1.29 is 26.7 Å². The van der Waals surface area contributed by atoms with Gasteiger partial charge in [0.15, 0.2) is 6.17 Å². The van der Waals surface area contributed by atoms with Crippen LogP contribution in [0.1, 0.15) is 28.5 Å². The van der Waals surface area contributed by atoms with Crippen molar-refractivity contribution in [3.63, 3.8) is 0 Å². The number of hydrogen-bond donors (Lipinski definition) is 2. The number of alkyl halides is 3. The molecule has 0 radical (unpaired) electrons. The molecule has 5 nitrogen and oxygen atoms in total. The molecule has 0 fully saturated rings. The Kier molecular flexibility index (Phi) is 4.81. The summed E-state index contributed by atoms with van der Waals surface area (Å²) in [6.45, 7) is 0. The van der Waals surface area contributed by atoms with Gasteiger partial charge in [0.25, 0.3) is 11.8 Å². The number of amidine groups is 1. The Hall–Kier alpha value is -3.04. The zero-order valence-corrected chi connectivity index (χ0v) is 13.6. The van der Waals surface area contributed by atoms with Crippen molar-refractivity contribution >= 4 is 17.4 Å². The third-order valence-electron chi connectivity index (χ3n) is 3.96. The predicted octanol–water partition coefficient (Wildman–Crippen LogP) is 3.39. The number of benzene rings is 1. The van der Waals surface area contributed by atoms with Gasteiger partial charge in [-0.2, -0.15) is 0 Å². The molecule has 3 N–H and O–H groups in total. The number of aromatic nitrogens is 1. The fraction of sp³-hybridized carbons (Fsp3) is 0.235. The molecule has 1 aliphatic heterocycles. The lowest BCUT2D eigenvalue weighted by atomic mass is 9.93. The van der Waals surface area contributed by atoms with Crippen molar-refractivity contribution in [3.05, 3.63) is 59.4 Å². The Bertz CT molecular complexity index is 901. The maximum atomic E-state index is 14.2. The van der Waals surface area contributed by atoms with Crippen LogP contribution in [0.25, 0.3) is 0 Å². The van der Waals surface area contributed by atoms with Crippen molar-refractivity contribution in [1.29, 1.82) is 0 Å². The van der Waals surface area contributed by atoms with E-state index < -0.39 is 53.5 Å². The Balaban J connectivity index is 1.90. The average Bonchev–Trinajstić information content (AvgIpc) is 2.60. The summed E-state index contributed by atoms with van der Waals surface area (Å²) >= 11 is 0. The second-order valence-corrected chi connectivity index (χ2v) is 5.94. The second kappa shape index (κ2) is 6.93. The van der Waals surface area contributed by atoms with E-state index in [1.165, 1.54) is 0 Å². The van der Waals surface area contributed by atoms with Crippen LogP contribution in [0.2, 0.25) is 0 Å². The van der Waals surface area contributed by atoms with Gasteiger partial charge >= 0.3 is 0 Å². The highest BCUT2D eigenvalue weighted by Crippen LogP contribution is 2.43. The normalized spacial score (nSPS) is 21.4. The van der Waals surface area contributed by atoms with Gasteiger partial charge in [0.2, 0.25) is 0 Å². The van der Waals surface area contributed by atoms with Crippen LogP contribution < -0.4 is 11.1 Å². The van der Waals surface area contributed by atoms with Gasteiger partial charge < -0.3 is 11.1 Å². The van der Waals surface area contributed by atoms with E-state index in [4.69, 9.17) is 5.73 Å². The molecule has 0 saturated heterocycles. The van der Waals surface area contributed by atoms with Crippen LogP contribution in [0.3, 0.4) is 0 Å². The molecule has 1 aliphatic rings. The van der Waals surface area contributed by atoms with Crippen LogP contribution in [-0.4, -0.2) is 28.8 Å². The molecule has 0 bridgehead atoms. The first-order valence-electron chi connectivity index (χ1n) is 7.75. The van der Waals surface area contributed by atoms with Gasteiger partial charge in [-0.3, -0.25) is 9.79 Å². The average molecular weight is 384 g/mol.